The zero-order valence-corrected chi connectivity index (χ0v) is 11.5. The van der Waals surface area contributed by atoms with Crippen LogP contribution in [-0.4, -0.2) is 21.7 Å². The van der Waals surface area contributed by atoms with Gasteiger partial charge in [0.15, 0.2) is 0 Å². The number of fused-ring (bicyclic) bond motifs is 1. The van der Waals surface area contributed by atoms with Crippen molar-refractivity contribution in [3.8, 4) is 0 Å². The maximum absolute atomic E-state index is 12.1. The predicted octanol–water partition coefficient (Wildman–Crippen LogP) is 1.66. The van der Waals surface area contributed by atoms with Crippen LogP contribution in [0.4, 0.5) is 5.69 Å². The molecule has 6 heteroatoms. The van der Waals surface area contributed by atoms with E-state index >= 15 is 0 Å². The van der Waals surface area contributed by atoms with Gasteiger partial charge in [0.2, 0.25) is 0 Å². The van der Waals surface area contributed by atoms with E-state index in [4.69, 9.17) is 5.73 Å². The molecule has 2 aromatic heterocycles. The van der Waals surface area contributed by atoms with Crippen LogP contribution in [0.2, 0.25) is 0 Å². The SMILES string of the molecule is Cc1nn(C)c2sc(C(=O)NC3CC3C)c(N)c12. The number of carbonyl (C=O) groups is 1. The molecule has 0 saturated heterocycles. The number of nitrogens with zero attached hydrogens (tertiary/aromatic N) is 2. The Labute approximate surface area is 109 Å². The summed E-state index contributed by atoms with van der Waals surface area (Å²) in [6.07, 6.45) is 1.07. The van der Waals surface area contributed by atoms with E-state index in [1.165, 1.54) is 11.3 Å². The number of hydrogen-bond acceptors (Lipinski definition) is 4. The van der Waals surface area contributed by atoms with Crippen molar-refractivity contribution in [2.24, 2.45) is 13.0 Å². The summed E-state index contributed by atoms with van der Waals surface area (Å²) in [6, 6.07) is 0.321. The standard InChI is InChI=1S/C12H16N4OS/c1-5-4-7(5)14-11(17)10-9(13)8-6(2)15-16(3)12(8)18-10/h5,7H,4,13H2,1-3H3,(H,14,17). The molecule has 2 unspecified atom stereocenters. The average Bonchev–Trinajstić information content (AvgIpc) is 2.75. The van der Waals surface area contributed by atoms with Crippen LogP contribution < -0.4 is 11.1 Å². The molecular formula is C12H16N4OS. The van der Waals surface area contributed by atoms with Gasteiger partial charge in [0.25, 0.3) is 5.91 Å². The number of aryl methyl sites for hydroxylation is 2. The van der Waals surface area contributed by atoms with E-state index in [2.05, 4.69) is 17.3 Å². The van der Waals surface area contributed by atoms with Crippen LogP contribution in [0.1, 0.15) is 28.7 Å². The molecule has 96 valence electrons. The number of aromatic nitrogens is 2. The van der Waals surface area contributed by atoms with Gasteiger partial charge in [-0.15, -0.1) is 11.3 Å². The van der Waals surface area contributed by atoms with Crippen LogP contribution in [0, 0.1) is 12.8 Å². The van der Waals surface area contributed by atoms with Crippen LogP contribution >= 0.6 is 11.3 Å². The normalized spacial score (nSPS) is 22.4. The summed E-state index contributed by atoms with van der Waals surface area (Å²) < 4.78 is 1.78. The molecule has 0 bridgehead atoms. The van der Waals surface area contributed by atoms with Gasteiger partial charge < -0.3 is 11.1 Å². The predicted molar refractivity (Wildman–Crippen MR) is 72.8 cm³/mol. The molecule has 1 aliphatic carbocycles. The summed E-state index contributed by atoms with van der Waals surface area (Å²) in [4.78, 5) is 13.7. The third-order valence-electron chi connectivity index (χ3n) is 3.51. The zero-order valence-electron chi connectivity index (χ0n) is 10.7. The number of carbonyl (C=O) groups excluding carboxylic acids is 1. The second-order valence-electron chi connectivity index (χ2n) is 5.03. The minimum absolute atomic E-state index is 0.0533. The topological polar surface area (TPSA) is 72.9 Å². The fourth-order valence-corrected chi connectivity index (χ4v) is 3.34. The molecule has 18 heavy (non-hydrogen) atoms. The lowest BCUT2D eigenvalue weighted by atomic mass is 10.2. The number of rotatable bonds is 2. The lowest BCUT2D eigenvalue weighted by Crippen LogP contribution is -2.26. The second-order valence-corrected chi connectivity index (χ2v) is 6.03. The van der Waals surface area contributed by atoms with Crippen molar-refractivity contribution >= 4 is 33.1 Å². The molecule has 1 saturated carbocycles. The highest BCUT2D eigenvalue weighted by Crippen LogP contribution is 2.36. The van der Waals surface area contributed by atoms with Gasteiger partial charge in [-0.3, -0.25) is 9.48 Å². The number of anilines is 1. The third kappa shape index (κ3) is 1.59. The number of hydrogen-bond donors (Lipinski definition) is 2. The van der Waals surface area contributed by atoms with E-state index in [9.17, 15) is 4.79 Å². The summed E-state index contributed by atoms with van der Waals surface area (Å²) in [6.45, 7) is 4.04. The average molecular weight is 264 g/mol. The van der Waals surface area contributed by atoms with Crippen LogP contribution in [0.5, 0.6) is 0 Å². The van der Waals surface area contributed by atoms with E-state index in [0.29, 0.717) is 22.5 Å². The summed E-state index contributed by atoms with van der Waals surface area (Å²) in [5.74, 6) is 0.537. The first-order valence-electron chi connectivity index (χ1n) is 6.01. The Balaban J connectivity index is 1.99. The molecule has 3 rings (SSSR count). The number of nitrogens with one attached hydrogen (secondary N) is 1. The Kier molecular flexibility index (Phi) is 2.38. The molecule has 1 aliphatic rings. The second kappa shape index (κ2) is 3.71. The first kappa shape index (κ1) is 11.5. The maximum atomic E-state index is 12.1. The summed E-state index contributed by atoms with van der Waals surface area (Å²) in [5.41, 5.74) is 7.52. The van der Waals surface area contributed by atoms with E-state index in [-0.39, 0.29) is 5.91 Å². The molecule has 2 atom stereocenters. The molecule has 0 aromatic carbocycles. The highest BCUT2D eigenvalue weighted by molar-refractivity contribution is 7.21. The van der Waals surface area contributed by atoms with Gasteiger partial charge in [0, 0.05) is 13.1 Å². The van der Waals surface area contributed by atoms with Crippen LogP contribution in [0.25, 0.3) is 10.2 Å². The van der Waals surface area contributed by atoms with Crippen molar-refractivity contribution in [2.45, 2.75) is 26.3 Å². The lowest BCUT2D eigenvalue weighted by molar-refractivity contribution is 0.0954. The Hall–Kier alpha value is -1.56. The summed E-state index contributed by atoms with van der Waals surface area (Å²) >= 11 is 1.41. The summed E-state index contributed by atoms with van der Waals surface area (Å²) in [5, 5.41) is 8.24. The van der Waals surface area contributed by atoms with Gasteiger partial charge in [-0.2, -0.15) is 5.10 Å². The minimum atomic E-state index is -0.0533. The van der Waals surface area contributed by atoms with Gasteiger partial charge in [-0.05, 0) is 19.3 Å². The summed E-state index contributed by atoms with van der Waals surface area (Å²) in [7, 11) is 1.87. The zero-order chi connectivity index (χ0) is 13.0. The molecule has 1 fully saturated rings. The molecule has 1 amide bonds. The first-order chi connectivity index (χ1) is 8.49. The largest absolute Gasteiger partial charge is 0.397 e. The van der Waals surface area contributed by atoms with Gasteiger partial charge in [-0.1, -0.05) is 6.92 Å². The van der Waals surface area contributed by atoms with Crippen molar-refractivity contribution in [1.29, 1.82) is 0 Å². The van der Waals surface area contributed by atoms with Gasteiger partial charge >= 0.3 is 0 Å². The molecule has 3 N–H and O–H groups in total. The van der Waals surface area contributed by atoms with Crippen molar-refractivity contribution in [3.63, 3.8) is 0 Å². The van der Waals surface area contributed by atoms with Crippen LogP contribution in [0.15, 0.2) is 0 Å². The van der Waals surface area contributed by atoms with Crippen molar-refractivity contribution in [2.75, 3.05) is 5.73 Å². The van der Waals surface area contributed by atoms with Crippen molar-refractivity contribution in [3.05, 3.63) is 10.6 Å². The minimum Gasteiger partial charge on any atom is -0.397 e. The molecule has 5 nitrogen and oxygen atoms in total. The van der Waals surface area contributed by atoms with Crippen molar-refractivity contribution in [1.82, 2.24) is 15.1 Å². The third-order valence-corrected chi connectivity index (χ3v) is 4.79. The highest BCUT2D eigenvalue weighted by Gasteiger charge is 2.35. The molecule has 2 aromatic rings. The molecule has 2 heterocycles. The van der Waals surface area contributed by atoms with Gasteiger partial charge in [0.1, 0.15) is 9.71 Å². The Morgan fingerprint density at radius 2 is 2.28 bits per heavy atom. The van der Waals surface area contributed by atoms with Gasteiger partial charge in [0.05, 0.1) is 16.8 Å². The van der Waals surface area contributed by atoms with E-state index in [1.54, 1.807) is 4.68 Å². The Morgan fingerprint density at radius 1 is 1.61 bits per heavy atom. The Bertz CT molecular complexity index is 642. The van der Waals surface area contributed by atoms with E-state index in [0.717, 1.165) is 22.3 Å². The van der Waals surface area contributed by atoms with E-state index < -0.39 is 0 Å². The molecule has 0 aliphatic heterocycles. The van der Waals surface area contributed by atoms with Crippen LogP contribution in [0.3, 0.4) is 0 Å². The smallest absolute Gasteiger partial charge is 0.263 e. The maximum Gasteiger partial charge on any atom is 0.263 e. The quantitative estimate of drug-likeness (QED) is 0.866. The van der Waals surface area contributed by atoms with Gasteiger partial charge in [-0.25, -0.2) is 0 Å². The van der Waals surface area contributed by atoms with Crippen LogP contribution in [-0.2, 0) is 7.05 Å². The fraction of sp³-hybridized carbons (Fsp3) is 0.500. The fourth-order valence-electron chi connectivity index (χ4n) is 2.26. The molecule has 0 radical (unpaired) electrons. The molecular weight excluding hydrogens is 248 g/mol. The lowest BCUT2D eigenvalue weighted by Gasteiger charge is -2.02. The Morgan fingerprint density at radius 3 is 2.83 bits per heavy atom. The monoisotopic (exact) mass is 264 g/mol. The number of nitrogen functional groups attached to an aromatic ring is 1. The number of amides is 1. The van der Waals surface area contributed by atoms with E-state index in [1.807, 2.05) is 14.0 Å². The number of thiophene rings is 1. The number of nitrogens with two attached hydrogens (primary N) is 1. The highest BCUT2D eigenvalue weighted by atomic mass is 32.1. The first-order valence-corrected chi connectivity index (χ1v) is 6.83. The molecule has 0 spiro atoms. The van der Waals surface area contributed by atoms with Crippen molar-refractivity contribution < 1.29 is 4.79 Å².